The predicted molar refractivity (Wildman–Crippen MR) is 88.0 cm³/mol. The first kappa shape index (κ1) is 14.0. The maximum absolute atomic E-state index is 6.28. The summed E-state index contributed by atoms with van der Waals surface area (Å²) >= 11 is 1.73. The third-order valence-corrected chi connectivity index (χ3v) is 4.35. The zero-order chi connectivity index (χ0) is 14.5. The number of para-hydroxylation sites is 1. The summed E-state index contributed by atoms with van der Waals surface area (Å²) < 4.78 is 6.28. The number of ether oxygens (including phenoxy) is 1. The Morgan fingerprint density at radius 2 is 2.10 bits per heavy atom. The molecule has 0 fully saturated rings. The predicted octanol–water partition coefficient (Wildman–Crippen LogP) is 4.03. The number of rotatable bonds is 6. The van der Waals surface area contributed by atoms with Gasteiger partial charge in [-0.15, -0.1) is 11.3 Å². The summed E-state index contributed by atoms with van der Waals surface area (Å²) in [7, 11) is 1.96. The third kappa shape index (κ3) is 3.23. The van der Waals surface area contributed by atoms with Gasteiger partial charge in [-0.05, 0) is 37.2 Å². The van der Waals surface area contributed by atoms with E-state index in [-0.39, 0.29) is 6.10 Å². The average molecular weight is 298 g/mol. The van der Waals surface area contributed by atoms with Gasteiger partial charge in [0.05, 0.1) is 0 Å². The van der Waals surface area contributed by atoms with Crippen LogP contribution in [-0.2, 0) is 0 Å². The van der Waals surface area contributed by atoms with Crippen molar-refractivity contribution in [1.82, 2.24) is 10.3 Å². The number of hydrogen-bond acceptors (Lipinski definition) is 4. The summed E-state index contributed by atoms with van der Waals surface area (Å²) in [6.45, 7) is 0.917. The van der Waals surface area contributed by atoms with Crippen LogP contribution < -0.4 is 10.1 Å². The summed E-state index contributed by atoms with van der Waals surface area (Å²) in [4.78, 5) is 5.71. The van der Waals surface area contributed by atoms with Gasteiger partial charge in [-0.1, -0.05) is 24.3 Å². The van der Waals surface area contributed by atoms with Gasteiger partial charge >= 0.3 is 0 Å². The van der Waals surface area contributed by atoms with E-state index in [2.05, 4.69) is 39.9 Å². The van der Waals surface area contributed by atoms with Crippen LogP contribution in [0.4, 0.5) is 0 Å². The van der Waals surface area contributed by atoms with Crippen molar-refractivity contribution >= 4 is 22.2 Å². The molecular weight excluding hydrogens is 280 g/mol. The number of nitrogens with one attached hydrogen (secondary N) is 1. The largest absolute Gasteiger partial charge is 0.483 e. The lowest BCUT2D eigenvalue weighted by atomic mass is 10.2. The molecule has 1 unspecified atom stereocenters. The summed E-state index contributed by atoms with van der Waals surface area (Å²) in [5.74, 6) is 0.850. The molecule has 1 N–H and O–H groups in total. The molecule has 0 spiro atoms. The minimum Gasteiger partial charge on any atom is -0.483 e. The van der Waals surface area contributed by atoms with Crippen LogP contribution in [0.1, 0.15) is 17.4 Å². The summed E-state index contributed by atoms with van der Waals surface area (Å²) in [6.07, 6.45) is 2.80. The number of hydrogen-bond donors (Lipinski definition) is 1. The lowest BCUT2D eigenvalue weighted by molar-refractivity contribution is 0.201. The second kappa shape index (κ2) is 6.70. The molecule has 2 heterocycles. The first-order chi connectivity index (χ1) is 10.4. The van der Waals surface area contributed by atoms with Crippen molar-refractivity contribution in [3.63, 3.8) is 0 Å². The SMILES string of the molecule is CNCCC(Oc1cccc2cccnc12)c1cccs1. The van der Waals surface area contributed by atoms with Crippen LogP contribution in [0, 0.1) is 0 Å². The van der Waals surface area contributed by atoms with Gasteiger partial charge in [0, 0.05) is 22.9 Å². The highest BCUT2D eigenvalue weighted by molar-refractivity contribution is 7.10. The van der Waals surface area contributed by atoms with Gasteiger partial charge in [0.15, 0.2) is 0 Å². The van der Waals surface area contributed by atoms with Crippen molar-refractivity contribution in [2.24, 2.45) is 0 Å². The van der Waals surface area contributed by atoms with Crippen molar-refractivity contribution in [2.75, 3.05) is 13.6 Å². The smallest absolute Gasteiger partial charge is 0.146 e. The van der Waals surface area contributed by atoms with Crippen LogP contribution in [0.2, 0.25) is 0 Å². The van der Waals surface area contributed by atoms with Crippen LogP contribution in [-0.4, -0.2) is 18.6 Å². The van der Waals surface area contributed by atoms with Crippen molar-refractivity contribution in [2.45, 2.75) is 12.5 Å². The molecule has 1 aromatic carbocycles. The monoisotopic (exact) mass is 298 g/mol. The quantitative estimate of drug-likeness (QED) is 0.746. The molecule has 2 aromatic heterocycles. The molecule has 0 aliphatic heterocycles. The molecule has 0 amide bonds. The fourth-order valence-corrected chi connectivity index (χ4v) is 3.12. The molecule has 0 saturated heterocycles. The zero-order valence-electron chi connectivity index (χ0n) is 12.0. The second-order valence-corrected chi connectivity index (χ2v) is 5.82. The number of benzene rings is 1. The van der Waals surface area contributed by atoms with Crippen molar-refractivity contribution in [3.05, 3.63) is 58.9 Å². The second-order valence-electron chi connectivity index (χ2n) is 4.85. The Balaban J connectivity index is 1.90. The van der Waals surface area contributed by atoms with Crippen LogP contribution >= 0.6 is 11.3 Å². The normalized spacial score (nSPS) is 12.4. The summed E-state index contributed by atoms with van der Waals surface area (Å²) in [5, 5.41) is 6.39. The minimum absolute atomic E-state index is 0.0602. The molecule has 3 aromatic rings. The first-order valence-electron chi connectivity index (χ1n) is 7.07. The number of nitrogens with zero attached hydrogens (tertiary/aromatic N) is 1. The van der Waals surface area contributed by atoms with Crippen molar-refractivity contribution in [3.8, 4) is 5.75 Å². The highest BCUT2D eigenvalue weighted by Crippen LogP contribution is 2.31. The first-order valence-corrected chi connectivity index (χ1v) is 7.95. The Morgan fingerprint density at radius 1 is 1.19 bits per heavy atom. The number of thiophene rings is 1. The number of aromatic nitrogens is 1. The van der Waals surface area contributed by atoms with Crippen molar-refractivity contribution in [1.29, 1.82) is 0 Å². The number of fused-ring (bicyclic) bond motifs is 1. The number of pyridine rings is 1. The molecule has 0 bridgehead atoms. The molecule has 21 heavy (non-hydrogen) atoms. The van der Waals surface area contributed by atoms with E-state index in [1.807, 2.05) is 31.4 Å². The Bertz CT molecular complexity index is 692. The summed E-state index contributed by atoms with van der Waals surface area (Å²) in [5.41, 5.74) is 0.922. The lowest BCUT2D eigenvalue weighted by Gasteiger charge is -2.18. The van der Waals surface area contributed by atoms with Gasteiger partial charge in [0.25, 0.3) is 0 Å². The van der Waals surface area contributed by atoms with E-state index in [9.17, 15) is 0 Å². The molecule has 4 heteroatoms. The Morgan fingerprint density at radius 3 is 2.90 bits per heavy atom. The minimum atomic E-state index is 0.0602. The molecule has 0 aliphatic rings. The fraction of sp³-hybridized carbons (Fsp3) is 0.235. The molecule has 0 aliphatic carbocycles. The van der Waals surface area contributed by atoms with Gasteiger partial charge in [-0.25, -0.2) is 0 Å². The van der Waals surface area contributed by atoms with Gasteiger partial charge < -0.3 is 10.1 Å². The van der Waals surface area contributed by atoms with E-state index in [4.69, 9.17) is 4.74 Å². The highest BCUT2D eigenvalue weighted by atomic mass is 32.1. The Kier molecular flexibility index (Phi) is 4.48. The van der Waals surface area contributed by atoms with Gasteiger partial charge in [-0.3, -0.25) is 4.98 Å². The maximum Gasteiger partial charge on any atom is 0.146 e. The zero-order valence-corrected chi connectivity index (χ0v) is 12.8. The molecule has 3 rings (SSSR count). The van der Waals surface area contributed by atoms with Gasteiger partial charge in [0.2, 0.25) is 0 Å². The average Bonchev–Trinajstić information content (AvgIpc) is 3.06. The van der Waals surface area contributed by atoms with E-state index in [1.165, 1.54) is 4.88 Å². The molecule has 1 atom stereocenters. The van der Waals surface area contributed by atoms with E-state index in [0.717, 1.165) is 29.6 Å². The lowest BCUT2D eigenvalue weighted by Crippen LogP contribution is -2.15. The van der Waals surface area contributed by atoms with Crippen LogP contribution in [0.3, 0.4) is 0 Å². The molecular formula is C17H18N2OS. The van der Waals surface area contributed by atoms with Crippen LogP contribution in [0.25, 0.3) is 10.9 Å². The van der Waals surface area contributed by atoms with E-state index >= 15 is 0 Å². The highest BCUT2D eigenvalue weighted by Gasteiger charge is 2.15. The van der Waals surface area contributed by atoms with E-state index in [1.54, 1.807) is 11.3 Å². The van der Waals surface area contributed by atoms with E-state index in [0.29, 0.717) is 0 Å². The van der Waals surface area contributed by atoms with Crippen molar-refractivity contribution < 1.29 is 4.74 Å². The topological polar surface area (TPSA) is 34.1 Å². The molecule has 0 radical (unpaired) electrons. The van der Waals surface area contributed by atoms with Gasteiger partial charge in [0.1, 0.15) is 17.4 Å². The fourth-order valence-electron chi connectivity index (χ4n) is 2.33. The van der Waals surface area contributed by atoms with Crippen LogP contribution in [0.5, 0.6) is 5.75 Å². The molecule has 0 saturated carbocycles. The van der Waals surface area contributed by atoms with Gasteiger partial charge in [-0.2, -0.15) is 0 Å². The Hall–Kier alpha value is -1.91. The van der Waals surface area contributed by atoms with Crippen LogP contribution in [0.15, 0.2) is 54.0 Å². The Labute approximate surface area is 128 Å². The molecule has 3 nitrogen and oxygen atoms in total. The maximum atomic E-state index is 6.28. The molecule has 108 valence electrons. The summed E-state index contributed by atoms with van der Waals surface area (Å²) in [6, 6.07) is 14.3. The third-order valence-electron chi connectivity index (χ3n) is 3.38. The standard InChI is InChI=1S/C17H18N2OS/c1-18-11-9-14(16-8-4-12-21-16)20-15-7-2-5-13-6-3-10-19-17(13)15/h2-8,10,12,14,18H,9,11H2,1H3. The van der Waals surface area contributed by atoms with E-state index < -0.39 is 0 Å².